The number of allylic oxidation sites excluding steroid dienone is 1. The molecule has 0 aliphatic carbocycles. The summed E-state index contributed by atoms with van der Waals surface area (Å²) in [5.41, 5.74) is 1.29. The van der Waals surface area contributed by atoms with Crippen LogP contribution in [-0.4, -0.2) is 23.5 Å². The minimum atomic E-state index is 0.569. The van der Waals surface area contributed by atoms with Gasteiger partial charge < -0.3 is 0 Å². The molecule has 2 heteroatoms. The first kappa shape index (κ1) is 12.3. The molecule has 0 aromatic heterocycles. The van der Waals surface area contributed by atoms with Crippen LogP contribution in [0.25, 0.3) is 0 Å². The first-order valence-corrected chi connectivity index (χ1v) is 5.89. The van der Waals surface area contributed by atoms with Crippen molar-refractivity contribution in [3.63, 3.8) is 0 Å². The molecule has 15 heavy (non-hydrogen) atoms. The van der Waals surface area contributed by atoms with Crippen LogP contribution in [0.3, 0.4) is 0 Å². The summed E-state index contributed by atoms with van der Waals surface area (Å²) < 4.78 is 0. The Morgan fingerprint density at radius 3 is 2.53 bits per heavy atom. The van der Waals surface area contributed by atoms with Gasteiger partial charge in [-0.25, -0.2) is 0 Å². The van der Waals surface area contributed by atoms with Gasteiger partial charge in [-0.05, 0) is 38.2 Å². The van der Waals surface area contributed by atoms with Crippen molar-refractivity contribution in [1.29, 1.82) is 5.26 Å². The van der Waals surface area contributed by atoms with Crippen LogP contribution in [0.15, 0.2) is 11.6 Å². The molecule has 1 aliphatic rings. The summed E-state index contributed by atoms with van der Waals surface area (Å²) in [6.45, 7) is 10.0. The second-order valence-corrected chi connectivity index (χ2v) is 5.05. The Bertz CT molecular complexity index is 271. The van der Waals surface area contributed by atoms with Gasteiger partial charge in [0.05, 0.1) is 6.07 Å². The Kier molecular flexibility index (Phi) is 4.35. The van der Waals surface area contributed by atoms with E-state index in [1.165, 1.54) is 12.0 Å². The highest BCUT2D eigenvalue weighted by Gasteiger charge is 2.28. The highest BCUT2D eigenvalue weighted by molar-refractivity contribution is 5.17. The van der Waals surface area contributed by atoms with Crippen LogP contribution in [0, 0.1) is 17.2 Å². The maximum Gasteiger partial charge on any atom is 0.0912 e. The maximum absolute atomic E-state index is 8.67. The lowest BCUT2D eigenvalue weighted by atomic mass is 9.89. The van der Waals surface area contributed by atoms with E-state index in [1.807, 2.05) is 0 Å². The molecule has 1 saturated heterocycles. The van der Waals surface area contributed by atoms with Gasteiger partial charge in [0, 0.05) is 24.7 Å². The van der Waals surface area contributed by atoms with Crippen molar-refractivity contribution in [2.45, 2.75) is 52.6 Å². The van der Waals surface area contributed by atoms with E-state index >= 15 is 0 Å². The van der Waals surface area contributed by atoms with Gasteiger partial charge in [-0.1, -0.05) is 13.8 Å². The predicted molar refractivity (Wildman–Crippen MR) is 63.4 cm³/mol. The van der Waals surface area contributed by atoms with E-state index in [-0.39, 0.29) is 0 Å². The van der Waals surface area contributed by atoms with E-state index in [1.54, 1.807) is 6.08 Å². The van der Waals surface area contributed by atoms with Gasteiger partial charge in [0.15, 0.2) is 0 Å². The maximum atomic E-state index is 8.67. The van der Waals surface area contributed by atoms with Gasteiger partial charge >= 0.3 is 0 Å². The van der Waals surface area contributed by atoms with E-state index in [4.69, 9.17) is 5.26 Å². The fraction of sp³-hybridized carbons (Fsp3) is 0.769. The van der Waals surface area contributed by atoms with Crippen LogP contribution < -0.4 is 0 Å². The second-order valence-electron chi connectivity index (χ2n) is 5.05. The first-order chi connectivity index (χ1) is 7.06. The Labute approximate surface area is 93.6 Å². The third-order valence-corrected chi connectivity index (χ3v) is 3.27. The van der Waals surface area contributed by atoms with Gasteiger partial charge in [-0.15, -0.1) is 0 Å². The van der Waals surface area contributed by atoms with Crippen LogP contribution in [0.4, 0.5) is 0 Å². The Morgan fingerprint density at radius 1 is 1.40 bits per heavy atom. The molecule has 84 valence electrons. The van der Waals surface area contributed by atoms with Crippen molar-refractivity contribution in [2.24, 2.45) is 5.92 Å². The average molecular weight is 206 g/mol. The van der Waals surface area contributed by atoms with E-state index < -0.39 is 0 Å². The normalized spacial score (nSPS) is 26.2. The van der Waals surface area contributed by atoms with Crippen molar-refractivity contribution in [1.82, 2.24) is 4.90 Å². The van der Waals surface area contributed by atoms with E-state index in [0.29, 0.717) is 18.0 Å². The molecule has 1 atom stereocenters. The number of nitrogens with zero attached hydrogens (tertiary/aromatic N) is 2. The highest BCUT2D eigenvalue weighted by Crippen LogP contribution is 2.27. The molecular weight excluding hydrogens is 184 g/mol. The first-order valence-electron chi connectivity index (χ1n) is 5.89. The molecule has 0 spiro atoms. The second kappa shape index (κ2) is 5.32. The summed E-state index contributed by atoms with van der Waals surface area (Å²) >= 11 is 0. The molecule has 1 unspecified atom stereocenters. The number of rotatable bonds is 2. The van der Waals surface area contributed by atoms with Crippen molar-refractivity contribution >= 4 is 0 Å². The molecule has 2 nitrogen and oxygen atoms in total. The molecule has 1 heterocycles. The lowest BCUT2D eigenvalue weighted by Gasteiger charge is -2.41. The number of likely N-dealkylation sites (tertiary alicyclic amines) is 1. The molecule has 0 aromatic rings. The molecule has 0 radical (unpaired) electrons. The molecular formula is C13H22N2. The fourth-order valence-corrected chi connectivity index (χ4v) is 2.42. The standard InChI is InChI=1S/C13H22N2/c1-10(2)13-6-5-12(7-8-14)9-15(13)11(3)4/h7,10-11,13H,5-6,9H2,1-4H3/b12-7+. The summed E-state index contributed by atoms with van der Waals surface area (Å²) in [6, 6.07) is 3.40. The van der Waals surface area contributed by atoms with Crippen LogP contribution in [0.5, 0.6) is 0 Å². The predicted octanol–water partition coefficient (Wildman–Crippen LogP) is 2.97. The quantitative estimate of drug-likeness (QED) is 0.649. The third kappa shape index (κ3) is 3.07. The van der Waals surface area contributed by atoms with E-state index in [0.717, 1.165) is 13.0 Å². The zero-order valence-corrected chi connectivity index (χ0v) is 10.3. The Morgan fingerprint density at radius 2 is 2.07 bits per heavy atom. The number of nitriles is 1. The van der Waals surface area contributed by atoms with Crippen LogP contribution >= 0.6 is 0 Å². The molecule has 0 saturated carbocycles. The van der Waals surface area contributed by atoms with Crippen molar-refractivity contribution in [2.75, 3.05) is 6.54 Å². The fourth-order valence-electron chi connectivity index (χ4n) is 2.42. The van der Waals surface area contributed by atoms with Crippen LogP contribution in [-0.2, 0) is 0 Å². The topological polar surface area (TPSA) is 27.0 Å². The minimum Gasteiger partial charge on any atom is -0.294 e. The molecule has 1 fully saturated rings. The van der Waals surface area contributed by atoms with E-state index in [9.17, 15) is 0 Å². The number of hydrogen-bond donors (Lipinski definition) is 0. The third-order valence-electron chi connectivity index (χ3n) is 3.27. The van der Waals surface area contributed by atoms with Crippen molar-refractivity contribution in [3.8, 4) is 6.07 Å². The molecule has 1 rings (SSSR count). The van der Waals surface area contributed by atoms with Gasteiger partial charge in [0.2, 0.25) is 0 Å². The van der Waals surface area contributed by atoms with Gasteiger partial charge in [0.25, 0.3) is 0 Å². The summed E-state index contributed by atoms with van der Waals surface area (Å²) in [5, 5.41) is 8.67. The zero-order valence-electron chi connectivity index (χ0n) is 10.3. The highest BCUT2D eigenvalue weighted by atomic mass is 15.2. The molecule has 0 amide bonds. The molecule has 1 aliphatic heterocycles. The number of piperidine rings is 1. The Balaban J connectivity index is 2.75. The lowest BCUT2D eigenvalue weighted by molar-refractivity contribution is 0.104. The van der Waals surface area contributed by atoms with E-state index in [2.05, 4.69) is 38.7 Å². The Hall–Kier alpha value is -0.810. The monoisotopic (exact) mass is 206 g/mol. The van der Waals surface area contributed by atoms with Crippen molar-refractivity contribution in [3.05, 3.63) is 11.6 Å². The zero-order chi connectivity index (χ0) is 11.4. The van der Waals surface area contributed by atoms with Crippen molar-refractivity contribution < 1.29 is 0 Å². The summed E-state index contributed by atoms with van der Waals surface area (Å²) in [7, 11) is 0. The van der Waals surface area contributed by atoms with Crippen LogP contribution in [0.2, 0.25) is 0 Å². The van der Waals surface area contributed by atoms with Gasteiger partial charge in [-0.2, -0.15) is 5.26 Å². The minimum absolute atomic E-state index is 0.569. The summed E-state index contributed by atoms with van der Waals surface area (Å²) in [4.78, 5) is 2.53. The SMILES string of the molecule is CC(C)C1CC/C(=C\C#N)CN1C(C)C. The smallest absolute Gasteiger partial charge is 0.0912 e. The summed E-state index contributed by atoms with van der Waals surface area (Å²) in [6.07, 6.45) is 4.02. The van der Waals surface area contributed by atoms with Gasteiger partial charge in [-0.3, -0.25) is 4.90 Å². The number of hydrogen-bond acceptors (Lipinski definition) is 2. The summed E-state index contributed by atoms with van der Waals surface area (Å²) in [5.74, 6) is 0.705. The molecule has 0 bridgehead atoms. The average Bonchev–Trinajstić information content (AvgIpc) is 2.17. The molecule has 0 aromatic carbocycles. The van der Waals surface area contributed by atoms with Gasteiger partial charge in [0.1, 0.15) is 0 Å². The largest absolute Gasteiger partial charge is 0.294 e. The van der Waals surface area contributed by atoms with Crippen LogP contribution in [0.1, 0.15) is 40.5 Å². The molecule has 0 N–H and O–H groups in total. The lowest BCUT2D eigenvalue weighted by Crippen LogP contribution is -2.47.